The van der Waals surface area contributed by atoms with Crippen LogP contribution in [0.3, 0.4) is 0 Å². The molecular formula is C14H21NO3S. The van der Waals surface area contributed by atoms with Gasteiger partial charge < -0.3 is 5.32 Å². The van der Waals surface area contributed by atoms with E-state index in [0.717, 1.165) is 25.1 Å². The van der Waals surface area contributed by atoms with Gasteiger partial charge in [-0.3, -0.25) is 4.18 Å². The Bertz CT molecular complexity index is 510. The van der Waals surface area contributed by atoms with Crippen molar-refractivity contribution in [1.82, 2.24) is 5.32 Å². The van der Waals surface area contributed by atoms with Gasteiger partial charge >= 0.3 is 0 Å². The topological polar surface area (TPSA) is 55.4 Å². The largest absolute Gasteiger partial charge is 0.316 e. The van der Waals surface area contributed by atoms with E-state index >= 15 is 0 Å². The molecule has 2 rings (SSSR count). The van der Waals surface area contributed by atoms with Crippen LogP contribution in [0.25, 0.3) is 0 Å². The Kier molecular flexibility index (Phi) is 4.60. The average molecular weight is 283 g/mol. The summed E-state index contributed by atoms with van der Waals surface area (Å²) in [6.07, 6.45) is 1.07. The minimum Gasteiger partial charge on any atom is -0.316 e. The van der Waals surface area contributed by atoms with Crippen LogP contribution in [-0.4, -0.2) is 28.1 Å². The van der Waals surface area contributed by atoms with Crippen molar-refractivity contribution < 1.29 is 12.6 Å². The molecule has 0 radical (unpaired) electrons. The maximum absolute atomic E-state index is 12.1. The van der Waals surface area contributed by atoms with Gasteiger partial charge in [0.2, 0.25) is 0 Å². The second kappa shape index (κ2) is 6.03. The SMILES string of the molecule is Cc1ccc(S(=O)(=O)OCC2CNCCC2C)cc1. The maximum atomic E-state index is 12.1. The molecule has 2 atom stereocenters. The molecule has 1 heterocycles. The normalized spacial score (nSPS) is 24.3. The van der Waals surface area contributed by atoms with E-state index in [1.54, 1.807) is 24.3 Å². The molecule has 1 aliphatic rings. The lowest BCUT2D eigenvalue weighted by Crippen LogP contribution is -2.38. The summed E-state index contributed by atoms with van der Waals surface area (Å²) in [6.45, 7) is 6.15. The van der Waals surface area contributed by atoms with Crippen molar-refractivity contribution in [2.75, 3.05) is 19.7 Å². The van der Waals surface area contributed by atoms with E-state index in [1.165, 1.54) is 0 Å². The first-order chi connectivity index (χ1) is 8.99. The lowest BCUT2D eigenvalue weighted by molar-refractivity contribution is 0.175. The number of benzene rings is 1. The second-order valence-corrected chi connectivity index (χ2v) is 6.90. The molecule has 0 aromatic heterocycles. The predicted molar refractivity (Wildman–Crippen MR) is 74.5 cm³/mol. The van der Waals surface area contributed by atoms with E-state index < -0.39 is 10.1 Å². The maximum Gasteiger partial charge on any atom is 0.296 e. The van der Waals surface area contributed by atoms with Gasteiger partial charge in [0.05, 0.1) is 11.5 Å². The summed E-state index contributed by atoms with van der Waals surface area (Å²) in [5.74, 6) is 0.753. The fourth-order valence-electron chi connectivity index (χ4n) is 2.23. The van der Waals surface area contributed by atoms with Gasteiger partial charge in [-0.1, -0.05) is 24.6 Å². The van der Waals surface area contributed by atoms with E-state index in [1.807, 2.05) is 6.92 Å². The number of piperidine rings is 1. The van der Waals surface area contributed by atoms with Crippen molar-refractivity contribution >= 4 is 10.1 Å². The molecule has 0 aliphatic carbocycles. The number of hydrogen-bond acceptors (Lipinski definition) is 4. The van der Waals surface area contributed by atoms with Crippen LogP contribution in [0.15, 0.2) is 29.2 Å². The summed E-state index contributed by atoms with van der Waals surface area (Å²) < 4.78 is 29.3. The van der Waals surface area contributed by atoms with Crippen LogP contribution in [0.4, 0.5) is 0 Å². The van der Waals surface area contributed by atoms with Crippen LogP contribution in [0, 0.1) is 18.8 Å². The molecule has 1 N–H and O–H groups in total. The molecule has 0 amide bonds. The van der Waals surface area contributed by atoms with E-state index in [4.69, 9.17) is 4.18 Å². The summed E-state index contributed by atoms with van der Waals surface area (Å²) in [7, 11) is -3.63. The quantitative estimate of drug-likeness (QED) is 0.858. The Hall–Kier alpha value is -0.910. The molecule has 1 saturated heterocycles. The lowest BCUT2D eigenvalue weighted by atomic mass is 9.89. The summed E-state index contributed by atoms with van der Waals surface area (Å²) in [6, 6.07) is 6.74. The highest BCUT2D eigenvalue weighted by atomic mass is 32.2. The molecule has 19 heavy (non-hydrogen) atoms. The Morgan fingerprint density at radius 1 is 1.32 bits per heavy atom. The molecule has 4 nitrogen and oxygen atoms in total. The minimum atomic E-state index is -3.63. The van der Waals surface area contributed by atoms with Gasteiger partial charge in [-0.05, 0) is 43.9 Å². The van der Waals surface area contributed by atoms with Crippen LogP contribution in [0.5, 0.6) is 0 Å². The van der Waals surface area contributed by atoms with E-state index in [2.05, 4.69) is 12.2 Å². The smallest absolute Gasteiger partial charge is 0.296 e. The van der Waals surface area contributed by atoms with E-state index in [0.29, 0.717) is 5.92 Å². The Labute approximate surface area is 115 Å². The fraction of sp³-hybridized carbons (Fsp3) is 0.571. The number of rotatable bonds is 4. The fourth-order valence-corrected chi connectivity index (χ4v) is 3.19. The van der Waals surface area contributed by atoms with Crippen molar-refractivity contribution in [3.05, 3.63) is 29.8 Å². The highest BCUT2D eigenvalue weighted by molar-refractivity contribution is 7.86. The predicted octanol–water partition coefficient (Wildman–Crippen LogP) is 1.95. The van der Waals surface area contributed by atoms with Gasteiger partial charge in [-0.25, -0.2) is 0 Å². The first-order valence-corrected chi connectivity index (χ1v) is 8.06. The molecule has 5 heteroatoms. The summed E-state index contributed by atoms with van der Waals surface area (Å²) in [5, 5.41) is 3.27. The molecule has 1 aliphatic heterocycles. The van der Waals surface area contributed by atoms with Crippen LogP contribution in [0.1, 0.15) is 18.9 Å². The molecule has 1 aromatic carbocycles. The number of nitrogens with one attached hydrogen (secondary N) is 1. The molecular weight excluding hydrogens is 262 g/mol. The van der Waals surface area contributed by atoms with Gasteiger partial charge in [0.1, 0.15) is 0 Å². The van der Waals surface area contributed by atoms with Crippen molar-refractivity contribution in [2.45, 2.75) is 25.2 Å². The monoisotopic (exact) mass is 283 g/mol. The first-order valence-electron chi connectivity index (χ1n) is 6.66. The number of aryl methyl sites for hydroxylation is 1. The zero-order chi connectivity index (χ0) is 13.9. The molecule has 1 aromatic rings. The zero-order valence-electron chi connectivity index (χ0n) is 11.4. The number of hydrogen-bond donors (Lipinski definition) is 1. The summed E-state index contributed by atoms with van der Waals surface area (Å²) in [4.78, 5) is 0.231. The average Bonchev–Trinajstić information content (AvgIpc) is 2.38. The third-order valence-corrected chi connectivity index (χ3v) is 5.03. The highest BCUT2D eigenvalue weighted by Gasteiger charge is 2.24. The van der Waals surface area contributed by atoms with Crippen molar-refractivity contribution in [3.63, 3.8) is 0 Å². The first kappa shape index (κ1) is 14.5. The molecule has 1 fully saturated rings. The van der Waals surface area contributed by atoms with Gasteiger partial charge in [0.15, 0.2) is 0 Å². The van der Waals surface area contributed by atoms with Gasteiger partial charge in [0, 0.05) is 6.54 Å². The molecule has 0 saturated carbocycles. The third-order valence-electron chi connectivity index (χ3n) is 3.73. The van der Waals surface area contributed by atoms with Crippen molar-refractivity contribution in [2.24, 2.45) is 11.8 Å². The molecule has 2 unspecified atom stereocenters. The van der Waals surface area contributed by atoms with E-state index in [-0.39, 0.29) is 17.4 Å². The van der Waals surface area contributed by atoms with Crippen molar-refractivity contribution in [3.8, 4) is 0 Å². The van der Waals surface area contributed by atoms with Crippen LogP contribution < -0.4 is 5.32 Å². The van der Waals surface area contributed by atoms with E-state index in [9.17, 15) is 8.42 Å². The highest BCUT2D eigenvalue weighted by Crippen LogP contribution is 2.21. The Morgan fingerprint density at radius 3 is 2.63 bits per heavy atom. The Balaban J connectivity index is 1.99. The van der Waals surface area contributed by atoms with Gasteiger partial charge in [0.25, 0.3) is 10.1 Å². The third kappa shape index (κ3) is 3.78. The van der Waals surface area contributed by atoms with Gasteiger partial charge in [-0.15, -0.1) is 0 Å². The molecule has 0 spiro atoms. The summed E-state index contributed by atoms with van der Waals surface area (Å²) >= 11 is 0. The zero-order valence-corrected chi connectivity index (χ0v) is 12.2. The van der Waals surface area contributed by atoms with Crippen molar-refractivity contribution in [1.29, 1.82) is 0 Å². The van der Waals surface area contributed by atoms with Gasteiger partial charge in [-0.2, -0.15) is 8.42 Å². The van der Waals surface area contributed by atoms with Crippen LogP contribution >= 0.6 is 0 Å². The van der Waals surface area contributed by atoms with Crippen LogP contribution in [-0.2, 0) is 14.3 Å². The molecule has 106 valence electrons. The minimum absolute atomic E-state index is 0.231. The van der Waals surface area contributed by atoms with Crippen LogP contribution in [0.2, 0.25) is 0 Å². The second-order valence-electron chi connectivity index (χ2n) is 5.28. The lowest BCUT2D eigenvalue weighted by Gasteiger charge is -2.28. The molecule has 0 bridgehead atoms. The Morgan fingerprint density at radius 2 is 2.00 bits per heavy atom. The standard InChI is InChI=1S/C14H21NO3S/c1-11-3-5-14(6-4-11)19(16,17)18-10-13-9-15-8-7-12(13)2/h3-6,12-13,15H,7-10H2,1-2H3. The summed E-state index contributed by atoms with van der Waals surface area (Å²) in [5.41, 5.74) is 1.03.